The zero-order valence-corrected chi connectivity index (χ0v) is 15.9. The summed E-state index contributed by atoms with van der Waals surface area (Å²) in [5.41, 5.74) is 1.37. The monoisotopic (exact) mass is 344 g/mol. The zero-order valence-electron chi connectivity index (χ0n) is 15.0. The zero-order chi connectivity index (χ0) is 17.4. The average Bonchev–Trinajstić information content (AvgIpc) is 2.99. The van der Waals surface area contributed by atoms with Gasteiger partial charge in [0.15, 0.2) is 5.96 Å². The van der Waals surface area contributed by atoms with E-state index in [1.165, 1.54) is 15.4 Å². The third-order valence-electron chi connectivity index (χ3n) is 4.05. The Hall–Kier alpha value is -1.88. The molecule has 130 valence electrons. The minimum Gasteiger partial charge on any atom is -0.356 e. The molecule has 1 aromatic carbocycles. The maximum absolute atomic E-state index is 4.39. The van der Waals surface area contributed by atoms with Crippen molar-refractivity contribution in [1.29, 1.82) is 0 Å². The van der Waals surface area contributed by atoms with Crippen LogP contribution in [0, 0.1) is 12.8 Å². The second-order valence-corrected chi connectivity index (χ2v) is 7.58. The molecule has 2 N–H and O–H groups in total. The fourth-order valence-electron chi connectivity index (χ4n) is 2.67. The molecule has 1 unspecified atom stereocenters. The van der Waals surface area contributed by atoms with Crippen LogP contribution in [0.25, 0.3) is 0 Å². The molecule has 0 fully saturated rings. The molecule has 0 amide bonds. The first-order chi connectivity index (χ1) is 11.6. The SMILES string of the molecule is CN=C(NCCc1ncc(C)s1)NCC(c1ccccc1)C(C)C. The lowest BCUT2D eigenvalue weighted by Gasteiger charge is -2.23. The second kappa shape index (κ2) is 9.42. The predicted molar refractivity (Wildman–Crippen MR) is 104 cm³/mol. The second-order valence-electron chi connectivity index (χ2n) is 6.26. The molecule has 0 aliphatic rings. The molecule has 24 heavy (non-hydrogen) atoms. The number of aliphatic imine (C=N–C) groups is 1. The van der Waals surface area contributed by atoms with Crippen LogP contribution in [-0.4, -0.2) is 31.1 Å². The summed E-state index contributed by atoms with van der Waals surface area (Å²) in [4.78, 5) is 9.98. The molecular weight excluding hydrogens is 316 g/mol. The fraction of sp³-hybridized carbons (Fsp3) is 0.474. The highest BCUT2D eigenvalue weighted by Gasteiger charge is 2.16. The van der Waals surface area contributed by atoms with Crippen LogP contribution in [0.2, 0.25) is 0 Å². The van der Waals surface area contributed by atoms with Crippen molar-refractivity contribution in [3.63, 3.8) is 0 Å². The van der Waals surface area contributed by atoms with Gasteiger partial charge in [0.25, 0.3) is 0 Å². The Kier molecular flexibility index (Phi) is 7.25. The molecule has 5 heteroatoms. The van der Waals surface area contributed by atoms with Gasteiger partial charge in [-0.3, -0.25) is 4.99 Å². The number of thiazole rings is 1. The summed E-state index contributed by atoms with van der Waals surface area (Å²) in [6.45, 7) is 8.33. The maximum Gasteiger partial charge on any atom is 0.191 e. The maximum atomic E-state index is 4.39. The van der Waals surface area contributed by atoms with Gasteiger partial charge in [-0.15, -0.1) is 11.3 Å². The average molecular weight is 345 g/mol. The van der Waals surface area contributed by atoms with Gasteiger partial charge in [-0.05, 0) is 18.4 Å². The molecule has 0 saturated heterocycles. The number of guanidine groups is 1. The van der Waals surface area contributed by atoms with Gasteiger partial charge < -0.3 is 10.6 Å². The number of aryl methyl sites for hydroxylation is 1. The van der Waals surface area contributed by atoms with Crippen LogP contribution in [0.15, 0.2) is 41.5 Å². The molecule has 1 aromatic heterocycles. The van der Waals surface area contributed by atoms with Crippen LogP contribution in [0.5, 0.6) is 0 Å². The number of aromatic nitrogens is 1. The highest BCUT2D eigenvalue weighted by Crippen LogP contribution is 2.23. The first-order valence-electron chi connectivity index (χ1n) is 8.51. The molecule has 0 saturated carbocycles. The molecule has 1 heterocycles. The molecular formula is C19H28N4S. The van der Waals surface area contributed by atoms with Gasteiger partial charge in [0.1, 0.15) is 0 Å². The van der Waals surface area contributed by atoms with Gasteiger partial charge in [0.2, 0.25) is 0 Å². The van der Waals surface area contributed by atoms with Crippen molar-refractivity contribution in [3.05, 3.63) is 52.0 Å². The Bertz CT molecular complexity index is 634. The van der Waals surface area contributed by atoms with E-state index in [1.54, 1.807) is 11.3 Å². The number of rotatable bonds is 7. The van der Waals surface area contributed by atoms with E-state index in [0.29, 0.717) is 11.8 Å². The molecule has 0 aliphatic carbocycles. The number of hydrogen-bond donors (Lipinski definition) is 2. The van der Waals surface area contributed by atoms with Gasteiger partial charge in [-0.2, -0.15) is 0 Å². The minimum absolute atomic E-state index is 0.464. The highest BCUT2D eigenvalue weighted by atomic mass is 32.1. The lowest BCUT2D eigenvalue weighted by molar-refractivity contribution is 0.488. The summed E-state index contributed by atoms with van der Waals surface area (Å²) in [6, 6.07) is 10.7. The third kappa shape index (κ3) is 5.64. The Labute approximate surface area is 149 Å². The van der Waals surface area contributed by atoms with E-state index in [-0.39, 0.29) is 0 Å². The summed E-state index contributed by atoms with van der Waals surface area (Å²) in [7, 11) is 1.82. The minimum atomic E-state index is 0.464. The Morgan fingerprint density at radius 2 is 1.96 bits per heavy atom. The molecule has 4 nitrogen and oxygen atoms in total. The quantitative estimate of drug-likeness (QED) is 0.596. The molecule has 0 aliphatic heterocycles. The van der Waals surface area contributed by atoms with E-state index in [1.807, 2.05) is 13.2 Å². The van der Waals surface area contributed by atoms with Crippen LogP contribution < -0.4 is 10.6 Å². The molecule has 0 spiro atoms. The smallest absolute Gasteiger partial charge is 0.191 e. The van der Waals surface area contributed by atoms with Crippen LogP contribution in [0.4, 0.5) is 0 Å². The van der Waals surface area contributed by atoms with Crippen molar-refractivity contribution < 1.29 is 0 Å². The molecule has 2 aromatic rings. The normalized spacial score (nSPS) is 13.1. The van der Waals surface area contributed by atoms with Crippen molar-refractivity contribution in [2.45, 2.75) is 33.1 Å². The van der Waals surface area contributed by atoms with E-state index in [4.69, 9.17) is 0 Å². The van der Waals surface area contributed by atoms with Crippen LogP contribution in [0.1, 0.15) is 35.2 Å². The number of hydrogen-bond acceptors (Lipinski definition) is 3. The Morgan fingerprint density at radius 1 is 1.21 bits per heavy atom. The van der Waals surface area contributed by atoms with E-state index in [9.17, 15) is 0 Å². The van der Waals surface area contributed by atoms with Crippen molar-refractivity contribution in [1.82, 2.24) is 15.6 Å². The topological polar surface area (TPSA) is 49.3 Å². The van der Waals surface area contributed by atoms with Crippen LogP contribution in [0.3, 0.4) is 0 Å². The number of nitrogens with zero attached hydrogens (tertiary/aromatic N) is 2. The summed E-state index contributed by atoms with van der Waals surface area (Å²) in [5.74, 6) is 1.88. The summed E-state index contributed by atoms with van der Waals surface area (Å²) >= 11 is 1.76. The molecule has 0 bridgehead atoms. The third-order valence-corrected chi connectivity index (χ3v) is 5.02. The highest BCUT2D eigenvalue weighted by molar-refractivity contribution is 7.11. The molecule has 1 atom stereocenters. The predicted octanol–water partition coefficient (Wildman–Crippen LogP) is 3.60. The van der Waals surface area contributed by atoms with Gasteiger partial charge in [0, 0.05) is 43.5 Å². The lowest BCUT2D eigenvalue weighted by Crippen LogP contribution is -2.40. The van der Waals surface area contributed by atoms with Gasteiger partial charge in [-0.1, -0.05) is 44.2 Å². The van der Waals surface area contributed by atoms with E-state index in [0.717, 1.165) is 25.5 Å². The molecule has 0 radical (unpaired) electrons. The number of nitrogens with one attached hydrogen (secondary N) is 2. The molecule has 2 rings (SSSR count). The van der Waals surface area contributed by atoms with Crippen molar-refractivity contribution in [3.8, 4) is 0 Å². The van der Waals surface area contributed by atoms with Gasteiger partial charge in [-0.25, -0.2) is 4.98 Å². The Morgan fingerprint density at radius 3 is 2.54 bits per heavy atom. The van der Waals surface area contributed by atoms with E-state index < -0.39 is 0 Å². The number of benzene rings is 1. The van der Waals surface area contributed by atoms with Crippen molar-refractivity contribution in [2.75, 3.05) is 20.1 Å². The summed E-state index contributed by atoms with van der Waals surface area (Å²) < 4.78 is 0. The van der Waals surface area contributed by atoms with Crippen molar-refractivity contribution in [2.24, 2.45) is 10.9 Å². The van der Waals surface area contributed by atoms with E-state index in [2.05, 4.69) is 71.7 Å². The lowest BCUT2D eigenvalue weighted by atomic mass is 9.88. The standard InChI is InChI=1S/C19H28N4S/c1-14(2)17(16-8-6-5-7-9-16)13-23-19(20-4)21-11-10-18-22-12-15(3)24-18/h5-9,12,14,17H,10-11,13H2,1-4H3,(H2,20,21,23). The summed E-state index contributed by atoms with van der Waals surface area (Å²) in [6.07, 6.45) is 2.85. The van der Waals surface area contributed by atoms with Crippen LogP contribution >= 0.6 is 11.3 Å². The Balaban J connectivity index is 1.83. The van der Waals surface area contributed by atoms with E-state index >= 15 is 0 Å². The first kappa shape index (κ1) is 18.5. The fourth-order valence-corrected chi connectivity index (χ4v) is 3.46. The first-order valence-corrected chi connectivity index (χ1v) is 9.32. The van der Waals surface area contributed by atoms with Crippen molar-refractivity contribution >= 4 is 17.3 Å². The van der Waals surface area contributed by atoms with Gasteiger partial charge >= 0.3 is 0 Å². The van der Waals surface area contributed by atoms with Crippen LogP contribution in [-0.2, 0) is 6.42 Å². The largest absolute Gasteiger partial charge is 0.356 e. The summed E-state index contributed by atoms with van der Waals surface area (Å²) in [5, 5.41) is 8.01. The van der Waals surface area contributed by atoms with Gasteiger partial charge in [0.05, 0.1) is 5.01 Å².